The van der Waals surface area contributed by atoms with Gasteiger partial charge in [0.05, 0.1) is 11.4 Å². The van der Waals surface area contributed by atoms with Gasteiger partial charge in [-0.15, -0.1) is 0 Å². The molecule has 6 heteroatoms. The first-order valence-corrected chi connectivity index (χ1v) is 5.10. The van der Waals surface area contributed by atoms with Gasteiger partial charge in [0, 0.05) is 5.69 Å². The number of para-hydroxylation sites is 1. The first-order valence-electron chi connectivity index (χ1n) is 5.10. The summed E-state index contributed by atoms with van der Waals surface area (Å²) in [6.45, 7) is 1.78. The van der Waals surface area contributed by atoms with Crippen LogP contribution in [-0.4, -0.2) is 16.2 Å². The van der Waals surface area contributed by atoms with Crippen LogP contribution >= 0.6 is 0 Å². The maximum absolute atomic E-state index is 11.6. The Hall–Kier alpha value is -2.50. The van der Waals surface area contributed by atoms with Crippen molar-refractivity contribution in [1.29, 1.82) is 0 Å². The Morgan fingerprint density at radius 2 is 2.00 bits per heavy atom. The van der Waals surface area contributed by atoms with Crippen LogP contribution < -0.4 is 16.4 Å². The van der Waals surface area contributed by atoms with E-state index in [2.05, 4.69) is 20.8 Å². The smallest absolute Gasteiger partial charge is 0.324 e. The van der Waals surface area contributed by atoms with Gasteiger partial charge in [-0.3, -0.25) is 10.4 Å². The SMILES string of the molecule is Cc1[nH]nc(NC(=O)Nc2ccccc2)c1N. The second-order valence-corrected chi connectivity index (χ2v) is 3.56. The highest BCUT2D eigenvalue weighted by Crippen LogP contribution is 2.18. The molecule has 0 spiro atoms. The number of hydrogen-bond donors (Lipinski definition) is 4. The van der Waals surface area contributed by atoms with Crippen molar-refractivity contribution in [2.75, 3.05) is 16.4 Å². The lowest BCUT2D eigenvalue weighted by Crippen LogP contribution is -2.20. The minimum atomic E-state index is -0.380. The summed E-state index contributed by atoms with van der Waals surface area (Å²) in [6, 6.07) is 8.75. The lowest BCUT2D eigenvalue weighted by atomic mass is 10.3. The normalized spacial score (nSPS) is 9.94. The maximum atomic E-state index is 11.6. The van der Waals surface area contributed by atoms with E-state index < -0.39 is 0 Å². The fourth-order valence-corrected chi connectivity index (χ4v) is 1.32. The number of aryl methyl sites for hydroxylation is 1. The minimum Gasteiger partial charge on any atom is -0.394 e. The fourth-order valence-electron chi connectivity index (χ4n) is 1.32. The molecule has 1 aromatic heterocycles. The number of nitrogen functional groups attached to an aromatic ring is 1. The lowest BCUT2D eigenvalue weighted by molar-refractivity contribution is 0.262. The fraction of sp³-hybridized carbons (Fsp3) is 0.0909. The third-order valence-corrected chi connectivity index (χ3v) is 2.26. The largest absolute Gasteiger partial charge is 0.394 e. The van der Waals surface area contributed by atoms with Crippen LogP contribution in [0.3, 0.4) is 0 Å². The number of nitrogens with one attached hydrogen (secondary N) is 3. The summed E-state index contributed by atoms with van der Waals surface area (Å²) in [5.41, 5.74) is 7.57. The Balaban J connectivity index is 2.01. The van der Waals surface area contributed by atoms with Gasteiger partial charge in [-0.05, 0) is 19.1 Å². The standard InChI is InChI=1S/C11H13N5O/c1-7-9(12)10(16-15-7)14-11(17)13-8-5-3-2-4-6-8/h2-6H,12H2,1H3,(H3,13,14,15,16,17). The Kier molecular flexibility index (Phi) is 2.95. The second kappa shape index (κ2) is 4.56. The van der Waals surface area contributed by atoms with E-state index >= 15 is 0 Å². The zero-order valence-corrected chi connectivity index (χ0v) is 9.32. The molecule has 0 saturated heterocycles. The molecule has 0 atom stereocenters. The van der Waals surface area contributed by atoms with Crippen molar-refractivity contribution >= 4 is 23.2 Å². The van der Waals surface area contributed by atoms with Gasteiger partial charge >= 0.3 is 6.03 Å². The summed E-state index contributed by atoms with van der Waals surface area (Å²) in [5, 5.41) is 11.8. The minimum absolute atomic E-state index is 0.330. The van der Waals surface area contributed by atoms with Crippen LogP contribution in [-0.2, 0) is 0 Å². The predicted molar refractivity (Wildman–Crippen MR) is 66.8 cm³/mol. The average molecular weight is 231 g/mol. The number of hydrogen-bond acceptors (Lipinski definition) is 3. The highest BCUT2D eigenvalue weighted by atomic mass is 16.2. The Morgan fingerprint density at radius 3 is 2.59 bits per heavy atom. The molecular weight excluding hydrogens is 218 g/mol. The number of urea groups is 1. The molecule has 1 aromatic carbocycles. The topological polar surface area (TPSA) is 95.8 Å². The molecule has 0 bridgehead atoms. The number of H-pyrrole nitrogens is 1. The number of aromatic nitrogens is 2. The van der Waals surface area contributed by atoms with Crippen molar-refractivity contribution in [2.24, 2.45) is 0 Å². The summed E-state index contributed by atoms with van der Waals surface area (Å²) in [5.74, 6) is 0.330. The maximum Gasteiger partial charge on any atom is 0.324 e. The van der Waals surface area contributed by atoms with E-state index in [1.54, 1.807) is 19.1 Å². The van der Waals surface area contributed by atoms with Crippen LogP contribution in [0.2, 0.25) is 0 Å². The number of nitrogens with two attached hydrogens (primary N) is 1. The van der Waals surface area contributed by atoms with E-state index in [1.165, 1.54) is 0 Å². The Morgan fingerprint density at radius 1 is 1.29 bits per heavy atom. The highest BCUT2D eigenvalue weighted by Gasteiger charge is 2.09. The van der Waals surface area contributed by atoms with E-state index in [4.69, 9.17) is 5.73 Å². The number of aromatic amines is 1. The molecule has 0 fully saturated rings. The molecule has 2 amide bonds. The molecule has 6 nitrogen and oxygen atoms in total. The van der Waals surface area contributed by atoms with Crippen molar-refractivity contribution in [1.82, 2.24) is 10.2 Å². The Bertz CT molecular complexity index is 520. The highest BCUT2D eigenvalue weighted by molar-refractivity contribution is 6.00. The van der Waals surface area contributed by atoms with Crippen LogP contribution in [0.15, 0.2) is 30.3 Å². The predicted octanol–water partition coefficient (Wildman–Crippen LogP) is 1.94. The van der Waals surface area contributed by atoms with Crippen LogP contribution in [0.25, 0.3) is 0 Å². The van der Waals surface area contributed by atoms with E-state index in [0.717, 1.165) is 5.69 Å². The van der Waals surface area contributed by atoms with Crippen LogP contribution in [0, 0.1) is 6.92 Å². The van der Waals surface area contributed by atoms with Gasteiger partial charge in [0.15, 0.2) is 5.82 Å². The zero-order chi connectivity index (χ0) is 12.3. The van der Waals surface area contributed by atoms with Crippen LogP contribution in [0.5, 0.6) is 0 Å². The molecule has 17 heavy (non-hydrogen) atoms. The second-order valence-electron chi connectivity index (χ2n) is 3.56. The van der Waals surface area contributed by atoms with Crippen LogP contribution in [0.1, 0.15) is 5.69 Å². The monoisotopic (exact) mass is 231 g/mol. The quantitative estimate of drug-likeness (QED) is 0.636. The van der Waals surface area contributed by atoms with Gasteiger partial charge < -0.3 is 11.1 Å². The van der Waals surface area contributed by atoms with Gasteiger partial charge in [0.25, 0.3) is 0 Å². The molecule has 0 unspecified atom stereocenters. The van der Waals surface area contributed by atoms with Gasteiger partial charge in [0.1, 0.15) is 0 Å². The summed E-state index contributed by atoms with van der Waals surface area (Å²) in [6.07, 6.45) is 0. The number of anilines is 3. The van der Waals surface area contributed by atoms with Gasteiger partial charge in [-0.1, -0.05) is 18.2 Å². The molecule has 0 aliphatic rings. The number of nitrogens with zero attached hydrogens (tertiary/aromatic N) is 1. The van der Waals surface area contributed by atoms with Crippen molar-refractivity contribution in [2.45, 2.75) is 6.92 Å². The lowest BCUT2D eigenvalue weighted by Gasteiger charge is -2.05. The van der Waals surface area contributed by atoms with E-state index in [1.807, 2.05) is 18.2 Å². The van der Waals surface area contributed by atoms with Crippen molar-refractivity contribution in [3.63, 3.8) is 0 Å². The van der Waals surface area contributed by atoms with E-state index in [0.29, 0.717) is 17.2 Å². The Labute approximate surface area is 98.2 Å². The van der Waals surface area contributed by atoms with Gasteiger partial charge in [-0.2, -0.15) is 5.10 Å². The van der Waals surface area contributed by atoms with E-state index in [-0.39, 0.29) is 6.03 Å². The molecular formula is C11H13N5O. The zero-order valence-electron chi connectivity index (χ0n) is 9.32. The van der Waals surface area contributed by atoms with E-state index in [9.17, 15) is 4.79 Å². The molecule has 0 saturated carbocycles. The molecule has 0 aliphatic carbocycles. The molecule has 1 heterocycles. The molecule has 2 aromatic rings. The third kappa shape index (κ3) is 2.54. The summed E-state index contributed by atoms with van der Waals surface area (Å²) >= 11 is 0. The number of rotatable bonds is 2. The first-order chi connectivity index (χ1) is 8.16. The average Bonchev–Trinajstić information content (AvgIpc) is 2.62. The van der Waals surface area contributed by atoms with Gasteiger partial charge in [0.2, 0.25) is 0 Å². The molecule has 2 rings (SSSR count). The van der Waals surface area contributed by atoms with Crippen molar-refractivity contribution in [3.05, 3.63) is 36.0 Å². The number of benzene rings is 1. The van der Waals surface area contributed by atoms with Crippen molar-refractivity contribution < 1.29 is 4.79 Å². The number of carbonyl (C=O) groups is 1. The van der Waals surface area contributed by atoms with Gasteiger partial charge in [-0.25, -0.2) is 4.79 Å². The molecule has 0 aliphatic heterocycles. The summed E-state index contributed by atoms with van der Waals surface area (Å²) in [4.78, 5) is 11.6. The number of amides is 2. The molecule has 0 radical (unpaired) electrons. The molecule has 5 N–H and O–H groups in total. The molecule has 88 valence electrons. The summed E-state index contributed by atoms with van der Waals surface area (Å²) < 4.78 is 0. The van der Waals surface area contributed by atoms with Crippen molar-refractivity contribution in [3.8, 4) is 0 Å². The van der Waals surface area contributed by atoms with Crippen LogP contribution in [0.4, 0.5) is 22.0 Å². The number of carbonyl (C=O) groups excluding carboxylic acids is 1. The summed E-state index contributed by atoms with van der Waals surface area (Å²) in [7, 11) is 0. The first kappa shape index (κ1) is 11.0. The third-order valence-electron chi connectivity index (χ3n) is 2.26.